The van der Waals surface area contributed by atoms with Gasteiger partial charge in [-0.25, -0.2) is 9.97 Å². The van der Waals surface area contributed by atoms with Gasteiger partial charge in [0.25, 0.3) is 5.91 Å². The average Bonchev–Trinajstić information content (AvgIpc) is 3.23. The number of rotatable bonds is 2. The van der Waals surface area contributed by atoms with E-state index in [4.69, 9.17) is 4.74 Å². The van der Waals surface area contributed by atoms with Crippen LogP contribution in [0.15, 0.2) is 6.33 Å². The van der Waals surface area contributed by atoms with E-state index < -0.39 is 0 Å². The zero-order valence-electron chi connectivity index (χ0n) is 13.2. The lowest BCUT2D eigenvalue weighted by molar-refractivity contribution is 0.0797. The van der Waals surface area contributed by atoms with Crippen LogP contribution < -0.4 is 4.90 Å². The second kappa shape index (κ2) is 6.05. The minimum absolute atomic E-state index is 0.149. The van der Waals surface area contributed by atoms with Crippen molar-refractivity contribution < 1.29 is 9.53 Å². The van der Waals surface area contributed by atoms with Gasteiger partial charge in [-0.15, -0.1) is 11.3 Å². The number of fused-ring (bicyclic) bond motifs is 1. The van der Waals surface area contributed by atoms with Crippen LogP contribution in [0, 0.1) is 6.92 Å². The number of carbonyl (C=O) groups excluding carboxylic acids is 1. The molecule has 2 fully saturated rings. The van der Waals surface area contributed by atoms with Gasteiger partial charge in [0, 0.05) is 26.2 Å². The Morgan fingerprint density at radius 1 is 1.17 bits per heavy atom. The molecule has 0 atom stereocenters. The Morgan fingerprint density at radius 3 is 2.65 bits per heavy atom. The van der Waals surface area contributed by atoms with Gasteiger partial charge < -0.3 is 14.5 Å². The van der Waals surface area contributed by atoms with E-state index in [1.54, 1.807) is 6.33 Å². The van der Waals surface area contributed by atoms with Crippen molar-refractivity contribution in [2.45, 2.75) is 19.8 Å². The lowest BCUT2D eigenvalue weighted by Crippen LogP contribution is -2.36. The van der Waals surface area contributed by atoms with Gasteiger partial charge in [-0.2, -0.15) is 0 Å². The number of carbonyl (C=O) groups is 1. The summed E-state index contributed by atoms with van der Waals surface area (Å²) in [5.74, 6) is 1.09. The summed E-state index contributed by atoms with van der Waals surface area (Å²) in [6, 6.07) is 0. The lowest BCUT2D eigenvalue weighted by Gasteiger charge is -2.28. The van der Waals surface area contributed by atoms with Gasteiger partial charge in [0.15, 0.2) is 0 Å². The van der Waals surface area contributed by atoms with Gasteiger partial charge in [0.05, 0.1) is 23.5 Å². The van der Waals surface area contributed by atoms with Crippen molar-refractivity contribution >= 4 is 33.3 Å². The Bertz CT molecular complexity index is 733. The molecular formula is C16H20N4O2S. The Kier molecular flexibility index (Phi) is 3.90. The maximum Gasteiger partial charge on any atom is 0.264 e. The van der Waals surface area contributed by atoms with Crippen molar-refractivity contribution in [2.24, 2.45) is 0 Å². The quantitative estimate of drug-likeness (QED) is 0.843. The predicted octanol–water partition coefficient (Wildman–Crippen LogP) is 2.07. The minimum Gasteiger partial charge on any atom is -0.378 e. The van der Waals surface area contributed by atoms with Crippen LogP contribution in [0.25, 0.3) is 10.2 Å². The highest BCUT2D eigenvalue weighted by Crippen LogP contribution is 2.36. The molecule has 0 radical (unpaired) electrons. The first-order valence-corrected chi connectivity index (χ1v) is 8.93. The molecule has 122 valence electrons. The number of nitrogens with zero attached hydrogens (tertiary/aromatic N) is 4. The fourth-order valence-electron chi connectivity index (χ4n) is 3.34. The van der Waals surface area contributed by atoms with Gasteiger partial charge in [0.2, 0.25) is 0 Å². The van der Waals surface area contributed by atoms with Crippen LogP contribution in [-0.4, -0.2) is 60.2 Å². The largest absolute Gasteiger partial charge is 0.378 e. The molecule has 0 bridgehead atoms. The number of morpholine rings is 1. The third-order valence-corrected chi connectivity index (χ3v) is 5.79. The van der Waals surface area contributed by atoms with E-state index in [1.807, 2.05) is 11.8 Å². The molecule has 2 aromatic heterocycles. The topological polar surface area (TPSA) is 58.6 Å². The van der Waals surface area contributed by atoms with Gasteiger partial charge in [-0.3, -0.25) is 4.79 Å². The molecule has 4 heterocycles. The second-order valence-corrected chi connectivity index (χ2v) is 7.03. The SMILES string of the molecule is Cc1c(C(=O)N2CCCC2)sc2ncnc(N3CCOCC3)c12. The fraction of sp³-hybridized carbons (Fsp3) is 0.562. The number of ether oxygens (including phenoxy) is 1. The monoisotopic (exact) mass is 332 g/mol. The van der Waals surface area contributed by atoms with Gasteiger partial charge in [-0.1, -0.05) is 0 Å². The average molecular weight is 332 g/mol. The smallest absolute Gasteiger partial charge is 0.264 e. The van der Waals surface area contributed by atoms with Crippen LogP contribution in [0.1, 0.15) is 28.1 Å². The van der Waals surface area contributed by atoms with Crippen molar-refractivity contribution in [2.75, 3.05) is 44.3 Å². The summed E-state index contributed by atoms with van der Waals surface area (Å²) in [7, 11) is 0. The third-order valence-electron chi connectivity index (χ3n) is 4.60. The first-order valence-electron chi connectivity index (χ1n) is 8.12. The van der Waals surface area contributed by atoms with Gasteiger partial charge in [0.1, 0.15) is 17.0 Å². The number of thiophene rings is 1. The molecule has 6 nitrogen and oxygen atoms in total. The van der Waals surface area contributed by atoms with Crippen molar-refractivity contribution in [3.05, 3.63) is 16.8 Å². The molecule has 2 aliphatic heterocycles. The van der Waals surface area contributed by atoms with E-state index in [0.29, 0.717) is 13.2 Å². The van der Waals surface area contributed by atoms with Crippen LogP contribution in [0.2, 0.25) is 0 Å². The summed E-state index contributed by atoms with van der Waals surface area (Å²) < 4.78 is 5.43. The van der Waals surface area contributed by atoms with E-state index in [-0.39, 0.29) is 5.91 Å². The summed E-state index contributed by atoms with van der Waals surface area (Å²) in [6.07, 6.45) is 3.82. The molecule has 2 saturated heterocycles. The highest BCUT2D eigenvalue weighted by molar-refractivity contribution is 7.20. The summed E-state index contributed by atoms with van der Waals surface area (Å²) in [5, 5.41) is 1.03. The van der Waals surface area contributed by atoms with Crippen LogP contribution in [0.5, 0.6) is 0 Å². The maximum atomic E-state index is 12.8. The van der Waals surface area contributed by atoms with E-state index in [9.17, 15) is 4.79 Å². The molecular weight excluding hydrogens is 312 g/mol. The van der Waals surface area contributed by atoms with Crippen molar-refractivity contribution in [1.82, 2.24) is 14.9 Å². The molecule has 0 spiro atoms. The molecule has 4 rings (SSSR count). The van der Waals surface area contributed by atoms with Crippen molar-refractivity contribution in [1.29, 1.82) is 0 Å². The molecule has 0 aromatic carbocycles. The second-order valence-electron chi connectivity index (χ2n) is 6.03. The van der Waals surface area contributed by atoms with Crippen LogP contribution >= 0.6 is 11.3 Å². The molecule has 0 N–H and O–H groups in total. The van der Waals surface area contributed by atoms with E-state index in [2.05, 4.69) is 14.9 Å². The minimum atomic E-state index is 0.149. The lowest BCUT2D eigenvalue weighted by atomic mass is 10.1. The number of anilines is 1. The maximum absolute atomic E-state index is 12.8. The molecule has 1 amide bonds. The van der Waals surface area contributed by atoms with Gasteiger partial charge in [-0.05, 0) is 25.3 Å². The Morgan fingerprint density at radius 2 is 1.91 bits per heavy atom. The summed E-state index contributed by atoms with van der Waals surface area (Å²) >= 11 is 1.50. The van der Waals surface area contributed by atoms with E-state index in [1.165, 1.54) is 11.3 Å². The Labute approximate surface area is 139 Å². The number of aryl methyl sites for hydroxylation is 1. The zero-order chi connectivity index (χ0) is 15.8. The number of hydrogen-bond acceptors (Lipinski definition) is 6. The van der Waals surface area contributed by atoms with Crippen molar-refractivity contribution in [3.8, 4) is 0 Å². The summed E-state index contributed by atoms with van der Waals surface area (Å²) in [4.78, 5) is 27.6. The molecule has 0 saturated carbocycles. The molecule has 7 heteroatoms. The van der Waals surface area contributed by atoms with Crippen molar-refractivity contribution in [3.63, 3.8) is 0 Å². The molecule has 0 unspecified atom stereocenters. The molecule has 0 aliphatic carbocycles. The van der Waals surface area contributed by atoms with Crippen LogP contribution in [0.4, 0.5) is 5.82 Å². The highest BCUT2D eigenvalue weighted by Gasteiger charge is 2.26. The molecule has 2 aliphatic rings. The highest BCUT2D eigenvalue weighted by atomic mass is 32.1. The molecule has 2 aromatic rings. The first kappa shape index (κ1) is 14.8. The Balaban J connectivity index is 1.76. The van der Waals surface area contributed by atoms with E-state index in [0.717, 1.165) is 65.5 Å². The zero-order valence-corrected chi connectivity index (χ0v) is 14.1. The number of amides is 1. The van der Waals surface area contributed by atoms with Crippen LogP contribution in [0.3, 0.4) is 0 Å². The number of hydrogen-bond donors (Lipinski definition) is 0. The van der Waals surface area contributed by atoms with Crippen LogP contribution in [-0.2, 0) is 4.74 Å². The number of aromatic nitrogens is 2. The van der Waals surface area contributed by atoms with Gasteiger partial charge >= 0.3 is 0 Å². The standard InChI is InChI=1S/C16H20N4O2S/c1-11-12-14(19-6-8-22-9-7-19)17-10-18-15(12)23-13(11)16(21)20-4-2-3-5-20/h10H,2-9H2,1H3. The Hall–Kier alpha value is -1.73. The third kappa shape index (κ3) is 2.57. The first-order chi connectivity index (χ1) is 11.3. The number of likely N-dealkylation sites (tertiary alicyclic amines) is 1. The fourth-order valence-corrected chi connectivity index (χ4v) is 4.45. The summed E-state index contributed by atoms with van der Waals surface area (Å²) in [6.45, 7) is 6.86. The molecule has 23 heavy (non-hydrogen) atoms. The predicted molar refractivity (Wildman–Crippen MR) is 90.3 cm³/mol. The normalized spacial score (nSPS) is 18.8. The van der Waals surface area contributed by atoms with E-state index >= 15 is 0 Å². The summed E-state index contributed by atoms with van der Waals surface area (Å²) in [5.41, 5.74) is 1.02.